The normalized spacial score (nSPS) is 15.5. The van der Waals surface area contributed by atoms with Crippen LogP contribution >= 0.6 is 11.8 Å². The van der Waals surface area contributed by atoms with Crippen molar-refractivity contribution in [2.24, 2.45) is 5.92 Å². The molecule has 120 valence electrons. The Kier molecular flexibility index (Phi) is 6.71. The van der Waals surface area contributed by atoms with Crippen LogP contribution in [-0.2, 0) is 9.59 Å². The number of pyridine rings is 1. The molecule has 1 aromatic heterocycles. The third-order valence-corrected chi connectivity index (χ3v) is 4.80. The molecule has 1 saturated carbocycles. The van der Waals surface area contributed by atoms with Gasteiger partial charge in [0.05, 0.1) is 22.7 Å². The van der Waals surface area contributed by atoms with E-state index in [2.05, 4.69) is 10.3 Å². The number of thioether (sulfide) groups is 1. The lowest BCUT2D eigenvalue weighted by Crippen LogP contribution is -2.15. The fraction of sp³-hybridized carbons (Fsp3) is 0.562. The topological polar surface area (TPSA) is 79.3 Å². The number of hydrogen-bond donors (Lipinski definition) is 2. The molecule has 0 bridgehead atoms. The van der Waals surface area contributed by atoms with Gasteiger partial charge in [0.1, 0.15) is 0 Å². The van der Waals surface area contributed by atoms with E-state index in [1.54, 1.807) is 18.3 Å². The van der Waals surface area contributed by atoms with Gasteiger partial charge in [0.25, 0.3) is 0 Å². The molecule has 0 radical (unpaired) electrons. The predicted molar refractivity (Wildman–Crippen MR) is 87.0 cm³/mol. The van der Waals surface area contributed by atoms with E-state index < -0.39 is 5.97 Å². The highest BCUT2D eigenvalue weighted by molar-refractivity contribution is 7.99. The Morgan fingerprint density at radius 2 is 2.05 bits per heavy atom. The van der Waals surface area contributed by atoms with Gasteiger partial charge in [-0.15, -0.1) is 0 Å². The first kappa shape index (κ1) is 16.8. The highest BCUT2D eigenvalue weighted by Crippen LogP contribution is 2.27. The minimum absolute atomic E-state index is 0.0138. The minimum Gasteiger partial charge on any atom is -0.481 e. The number of carbonyl (C=O) groups is 2. The summed E-state index contributed by atoms with van der Waals surface area (Å²) in [4.78, 5) is 26.6. The van der Waals surface area contributed by atoms with Gasteiger partial charge in [-0.3, -0.25) is 9.59 Å². The number of aromatic nitrogens is 1. The van der Waals surface area contributed by atoms with Crippen LogP contribution in [-0.4, -0.2) is 27.7 Å². The molecule has 5 nitrogen and oxygen atoms in total. The number of rotatable bonds is 7. The number of amides is 1. The number of hydrogen-bond acceptors (Lipinski definition) is 4. The average molecular weight is 322 g/mol. The Hall–Kier alpha value is -1.56. The molecule has 0 saturated heterocycles. The van der Waals surface area contributed by atoms with Gasteiger partial charge in [-0.25, -0.2) is 4.98 Å². The van der Waals surface area contributed by atoms with Gasteiger partial charge in [0.2, 0.25) is 5.91 Å². The third-order valence-electron chi connectivity index (χ3n) is 3.87. The summed E-state index contributed by atoms with van der Waals surface area (Å²) in [5.74, 6) is -0.155. The molecule has 1 fully saturated rings. The van der Waals surface area contributed by atoms with Crippen LogP contribution in [0.5, 0.6) is 0 Å². The van der Waals surface area contributed by atoms with Crippen LogP contribution in [0.3, 0.4) is 0 Å². The summed E-state index contributed by atoms with van der Waals surface area (Å²) in [6, 6.07) is 3.49. The molecule has 0 aromatic carbocycles. The van der Waals surface area contributed by atoms with Crippen molar-refractivity contribution in [2.75, 3.05) is 11.1 Å². The van der Waals surface area contributed by atoms with E-state index in [1.807, 2.05) is 0 Å². The van der Waals surface area contributed by atoms with Crippen molar-refractivity contribution in [3.05, 3.63) is 18.3 Å². The molecule has 22 heavy (non-hydrogen) atoms. The summed E-state index contributed by atoms with van der Waals surface area (Å²) in [7, 11) is 0. The maximum Gasteiger partial charge on any atom is 0.313 e. The number of nitrogens with zero attached hydrogens (tertiary/aromatic N) is 1. The van der Waals surface area contributed by atoms with E-state index in [1.165, 1.54) is 32.1 Å². The standard InChI is InChI=1S/C16H22N2O3S/c19-14(8-6-12-4-2-1-3-5-12)18-13-7-9-15(17-10-13)22-11-16(20)21/h7,9-10,12H,1-6,8,11H2,(H,18,19)(H,20,21). The second kappa shape index (κ2) is 8.78. The van der Waals surface area contributed by atoms with Crippen LogP contribution in [0, 0.1) is 5.92 Å². The first-order valence-corrected chi connectivity index (χ1v) is 8.72. The summed E-state index contributed by atoms with van der Waals surface area (Å²) >= 11 is 1.16. The fourth-order valence-corrected chi connectivity index (χ4v) is 3.27. The van der Waals surface area contributed by atoms with E-state index in [0.717, 1.165) is 18.2 Å². The van der Waals surface area contributed by atoms with Crippen molar-refractivity contribution in [3.8, 4) is 0 Å². The molecular weight excluding hydrogens is 300 g/mol. The van der Waals surface area contributed by atoms with Crippen molar-refractivity contribution in [2.45, 2.75) is 50.0 Å². The summed E-state index contributed by atoms with van der Waals surface area (Å²) in [5, 5.41) is 12.1. The Labute approximate surface area is 134 Å². The summed E-state index contributed by atoms with van der Waals surface area (Å²) < 4.78 is 0. The maximum absolute atomic E-state index is 11.9. The molecule has 0 unspecified atom stereocenters. The number of carboxylic acids is 1. The van der Waals surface area contributed by atoms with Crippen molar-refractivity contribution in [3.63, 3.8) is 0 Å². The number of nitrogens with one attached hydrogen (secondary N) is 1. The van der Waals surface area contributed by atoms with Crippen molar-refractivity contribution in [1.29, 1.82) is 0 Å². The van der Waals surface area contributed by atoms with Gasteiger partial charge in [-0.1, -0.05) is 43.9 Å². The van der Waals surface area contributed by atoms with E-state index >= 15 is 0 Å². The lowest BCUT2D eigenvalue weighted by molar-refractivity contribution is -0.133. The number of carboxylic acid groups (broad SMARTS) is 1. The number of anilines is 1. The molecule has 1 heterocycles. The predicted octanol–water partition coefficient (Wildman–Crippen LogP) is 3.56. The van der Waals surface area contributed by atoms with Crippen LogP contribution in [0.15, 0.2) is 23.4 Å². The highest BCUT2D eigenvalue weighted by Gasteiger charge is 2.14. The SMILES string of the molecule is O=C(O)CSc1ccc(NC(=O)CCC2CCCCC2)cn1. The second-order valence-corrected chi connectivity index (χ2v) is 6.65. The van der Waals surface area contributed by atoms with Gasteiger partial charge in [-0.2, -0.15) is 0 Å². The van der Waals surface area contributed by atoms with Crippen LogP contribution < -0.4 is 5.32 Å². The summed E-state index contributed by atoms with van der Waals surface area (Å²) in [5.41, 5.74) is 0.660. The largest absolute Gasteiger partial charge is 0.481 e. The van der Waals surface area contributed by atoms with Gasteiger partial charge in [0, 0.05) is 6.42 Å². The van der Waals surface area contributed by atoms with Crippen molar-refractivity contribution < 1.29 is 14.7 Å². The van der Waals surface area contributed by atoms with Crippen molar-refractivity contribution >= 4 is 29.3 Å². The lowest BCUT2D eigenvalue weighted by Gasteiger charge is -2.20. The monoisotopic (exact) mass is 322 g/mol. The fourth-order valence-electron chi connectivity index (χ4n) is 2.71. The Bertz CT molecular complexity index is 499. The Morgan fingerprint density at radius 3 is 2.68 bits per heavy atom. The molecule has 1 amide bonds. The quantitative estimate of drug-likeness (QED) is 0.750. The zero-order chi connectivity index (χ0) is 15.8. The van der Waals surface area contributed by atoms with Crippen molar-refractivity contribution in [1.82, 2.24) is 4.98 Å². The molecule has 0 aliphatic heterocycles. The number of aliphatic carboxylic acids is 1. The maximum atomic E-state index is 11.9. The lowest BCUT2D eigenvalue weighted by atomic mass is 9.86. The second-order valence-electron chi connectivity index (χ2n) is 5.66. The molecule has 1 aromatic rings. The average Bonchev–Trinajstić information content (AvgIpc) is 2.53. The molecule has 6 heteroatoms. The summed E-state index contributed by atoms with van der Waals surface area (Å²) in [6.45, 7) is 0. The molecule has 0 spiro atoms. The van der Waals surface area contributed by atoms with Gasteiger partial charge in [-0.05, 0) is 24.5 Å². The van der Waals surface area contributed by atoms with Gasteiger partial charge < -0.3 is 10.4 Å². The molecule has 2 N–H and O–H groups in total. The first-order chi connectivity index (χ1) is 10.6. The molecule has 1 aliphatic carbocycles. The van der Waals surface area contributed by atoms with Gasteiger partial charge >= 0.3 is 5.97 Å². The van der Waals surface area contributed by atoms with Crippen LogP contribution in [0.1, 0.15) is 44.9 Å². The molecular formula is C16H22N2O3S. The van der Waals surface area contributed by atoms with Crippen LogP contribution in [0.25, 0.3) is 0 Å². The smallest absolute Gasteiger partial charge is 0.313 e. The summed E-state index contributed by atoms with van der Waals surface area (Å²) in [6.07, 6.45) is 9.53. The Morgan fingerprint density at radius 1 is 1.27 bits per heavy atom. The van der Waals surface area contributed by atoms with E-state index in [9.17, 15) is 9.59 Å². The molecule has 2 rings (SSSR count). The zero-order valence-corrected chi connectivity index (χ0v) is 13.4. The van der Waals surface area contributed by atoms with Crippen LogP contribution in [0.2, 0.25) is 0 Å². The molecule has 0 atom stereocenters. The first-order valence-electron chi connectivity index (χ1n) is 7.74. The van der Waals surface area contributed by atoms with E-state index in [0.29, 0.717) is 23.1 Å². The zero-order valence-electron chi connectivity index (χ0n) is 12.6. The number of carbonyl (C=O) groups excluding carboxylic acids is 1. The van der Waals surface area contributed by atoms with Crippen LogP contribution in [0.4, 0.5) is 5.69 Å². The van der Waals surface area contributed by atoms with E-state index in [4.69, 9.17) is 5.11 Å². The minimum atomic E-state index is -0.869. The molecule has 1 aliphatic rings. The van der Waals surface area contributed by atoms with E-state index in [-0.39, 0.29) is 11.7 Å². The van der Waals surface area contributed by atoms with Gasteiger partial charge in [0.15, 0.2) is 0 Å². The Balaban J connectivity index is 1.72. The third kappa shape index (κ3) is 6.05. The highest BCUT2D eigenvalue weighted by atomic mass is 32.2.